The number of hydrogen-bond donors (Lipinski definition) is 0. The smallest absolute Gasteiger partial charge is 0.417 e. The van der Waals surface area contributed by atoms with Crippen molar-refractivity contribution in [2.24, 2.45) is 0 Å². The molecule has 0 aromatic heterocycles. The molecule has 1 aliphatic rings. The topological polar surface area (TPSA) is 29.5 Å². The van der Waals surface area contributed by atoms with Crippen LogP contribution in [0.3, 0.4) is 0 Å². The monoisotopic (exact) mass is 142 g/mol. The Morgan fingerprint density at radius 2 is 2.10 bits per heavy atom. The van der Waals surface area contributed by atoms with Crippen LogP contribution < -0.4 is 0 Å². The Kier molecular flexibility index (Phi) is 2.68. The van der Waals surface area contributed by atoms with Crippen LogP contribution in [0.1, 0.15) is 12.8 Å². The van der Waals surface area contributed by atoms with Crippen LogP contribution in [0.2, 0.25) is 0 Å². The highest BCUT2D eigenvalue weighted by atomic mass is 16.5. The van der Waals surface area contributed by atoms with Gasteiger partial charge in [0, 0.05) is 13.1 Å². The van der Waals surface area contributed by atoms with Crippen molar-refractivity contribution in [3.8, 4) is 0 Å². The maximum atomic E-state index is 9.79. The summed E-state index contributed by atoms with van der Waals surface area (Å²) in [6, 6.07) is 0. The third-order valence-corrected chi connectivity index (χ3v) is 1.88. The molecule has 3 nitrogen and oxygen atoms in total. The molecule has 57 valence electrons. The minimum Gasteiger partial charge on any atom is -0.454 e. The number of piperidine rings is 1. The standard InChI is InChI=1S/C7H12NO2/c1-8-4-2-7(3-5-8)10-6-9/h7H,2-5H2,1H3. The Balaban J connectivity index is 2.19. The first kappa shape index (κ1) is 7.54. The summed E-state index contributed by atoms with van der Waals surface area (Å²) in [5.74, 6) is 0. The van der Waals surface area contributed by atoms with Crippen LogP contribution in [0.25, 0.3) is 0 Å². The molecule has 1 aliphatic heterocycles. The fourth-order valence-corrected chi connectivity index (χ4v) is 1.17. The van der Waals surface area contributed by atoms with Crippen molar-refractivity contribution in [2.75, 3.05) is 20.1 Å². The van der Waals surface area contributed by atoms with E-state index in [0.717, 1.165) is 25.9 Å². The van der Waals surface area contributed by atoms with Crippen molar-refractivity contribution >= 4 is 6.47 Å². The largest absolute Gasteiger partial charge is 0.454 e. The summed E-state index contributed by atoms with van der Waals surface area (Å²) in [4.78, 5) is 12.0. The summed E-state index contributed by atoms with van der Waals surface area (Å²) in [5, 5.41) is 0. The second-order valence-electron chi connectivity index (χ2n) is 2.70. The van der Waals surface area contributed by atoms with Gasteiger partial charge in [-0.15, -0.1) is 0 Å². The van der Waals surface area contributed by atoms with E-state index in [2.05, 4.69) is 11.9 Å². The van der Waals surface area contributed by atoms with Crippen LogP contribution in [-0.4, -0.2) is 37.6 Å². The molecule has 0 saturated carbocycles. The van der Waals surface area contributed by atoms with Gasteiger partial charge < -0.3 is 9.64 Å². The average molecular weight is 142 g/mol. The van der Waals surface area contributed by atoms with E-state index >= 15 is 0 Å². The lowest BCUT2D eigenvalue weighted by Crippen LogP contribution is -2.33. The van der Waals surface area contributed by atoms with Gasteiger partial charge in [0.15, 0.2) is 0 Å². The molecule has 0 bridgehead atoms. The third-order valence-electron chi connectivity index (χ3n) is 1.88. The first-order chi connectivity index (χ1) is 4.83. The molecule has 0 spiro atoms. The second-order valence-corrected chi connectivity index (χ2v) is 2.70. The van der Waals surface area contributed by atoms with Crippen molar-refractivity contribution in [3.05, 3.63) is 0 Å². The van der Waals surface area contributed by atoms with Gasteiger partial charge in [-0.3, -0.25) is 0 Å². The Labute approximate surface area is 61.0 Å². The Morgan fingerprint density at radius 3 is 2.60 bits per heavy atom. The zero-order valence-electron chi connectivity index (χ0n) is 6.17. The summed E-state index contributed by atoms with van der Waals surface area (Å²) >= 11 is 0. The van der Waals surface area contributed by atoms with E-state index in [1.807, 2.05) is 0 Å². The van der Waals surface area contributed by atoms with Crippen molar-refractivity contribution in [1.82, 2.24) is 4.90 Å². The molecule has 0 unspecified atom stereocenters. The Bertz CT molecular complexity index is 108. The van der Waals surface area contributed by atoms with Gasteiger partial charge in [0.1, 0.15) is 6.10 Å². The number of rotatable bonds is 2. The second kappa shape index (κ2) is 3.56. The number of likely N-dealkylation sites (tertiary alicyclic amines) is 1. The maximum absolute atomic E-state index is 9.79. The molecular formula is C7H12NO2. The lowest BCUT2D eigenvalue weighted by atomic mass is 10.1. The van der Waals surface area contributed by atoms with Gasteiger partial charge in [-0.05, 0) is 19.9 Å². The van der Waals surface area contributed by atoms with Crippen molar-refractivity contribution in [1.29, 1.82) is 0 Å². The van der Waals surface area contributed by atoms with Crippen LogP contribution in [0.4, 0.5) is 0 Å². The van der Waals surface area contributed by atoms with E-state index in [1.165, 1.54) is 6.47 Å². The van der Waals surface area contributed by atoms with E-state index in [1.54, 1.807) is 0 Å². The molecule has 0 N–H and O–H groups in total. The summed E-state index contributed by atoms with van der Waals surface area (Å²) < 4.78 is 4.70. The van der Waals surface area contributed by atoms with E-state index in [-0.39, 0.29) is 6.10 Å². The summed E-state index contributed by atoms with van der Waals surface area (Å²) in [6.45, 7) is 3.52. The normalized spacial score (nSPS) is 22.5. The van der Waals surface area contributed by atoms with Crippen LogP contribution >= 0.6 is 0 Å². The lowest BCUT2D eigenvalue weighted by molar-refractivity contribution is 0.0999. The molecule has 1 radical (unpaired) electrons. The fraction of sp³-hybridized carbons (Fsp3) is 0.857. The molecule has 10 heavy (non-hydrogen) atoms. The quantitative estimate of drug-likeness (QED) is 0.550. The van der Waals surface area contributed by atoms with E-state index in [4.69, 9.17) is 4.74 Å². The van der Waals surface area contributed by atoms with Crippen LogP contribution in [0, 0.1) is 0 Å². The van der Waals surface area contributed by atoms with E-state index in [0.29, 0.717) is 0 Å². The first-order valence-corrected chi connectivity index (χ1v) is 3.54. The van der Waals surface area contributed by atoms with Crippen LogP contribution in [0.15, 0.2) is 0 Å². The molecule has 0 aromatic rings. The highest BCUT2D eigenvalue weighted by Crippen LogP contribution is 2.10. The molecule has 1 rings (SSSR count). The Hall–Kier alpha value is -0.570. The van der Waals surface area contributed by atoms with Gasteiger partial charge >= 0.3 is 6.47 Å². The van der Waals surface area contributed by atoms with Crippen LogP contribution in [-0.2, 0) is 9.53 Å². The van der Waals surface area contributed by atoms with Gasteiger partial charge in [0.2, 0.25) is 0 Å². The highest BCUT2D eigenvalue weighted by Gasteiger charge is 2.16. The molecule has 1 saturated heterocycles. The molecule has 0 aliphatic carbocycles. The van der Waals surface area contributed by atoms with E-state index < -0.39 is 0 Å². The maximum Gasteiger partial charge on any atom is 0.417 e. The minimum atomic E-state index is 0.119. The van der Waals surface area contributed by atoms with Crippen molar-refractivity contribution < 1.29 is 9.53 Å². The molecule has 0 atom stereocenters. The van der Waals surface area contributed by atoms with Gasteiger partial charge in [-0.1, -0.05) is 0 Å². The highest BCUT2D eigenvalue weighted by molar-refractivity contribution is 5.38. The van der Waals surface area contributed by atoms with Gasteiger partial charge in [-0.2, -0.15) is 0 Å². The number of carbonyl (C=O) groups excluding carboxylic acids is 1. The molecule has 0 amide bonds. The predicted octanol–water partition coefficient (Wildman–Crippen LogP) is 0.164. The summed E-state index contributed by atoms with van der Waals surface area (Å²) in [5.41, 5.74) is 0. The SMILES string of the molecule is CN1CCC(O[C]=O)CC1. The number of hydrogen-bond acceptors (Lipinski definition) is 3. The number of nitrogens with zero attached hydrogens (tertiary/aromatic N) is 1. The van der Waals surface area contributed by atoms with E-state index in [9.17, 15) is 4.79 Å². The predicted molar refractivity (Wildman–Crippen MR) is 37.3 cm³/mol. The zero-order chi connectivity index (χ0) is 7.40. The average Bonchev–Trinajstić information content (AvgIpc) is 1.95. The van der Waals surface area contributed by atoms with Gasteiger partial charge in [0.05, 0.1) is 0 Å². The first-order valence-electron chi connectivity index (χ1n) is 3.54. The molecular weight excluding hydrogens is 130 g/mol. The lowest BCUT2D eigenvalue weighted by Gasteiger charge is -2.26. The minimum absolute atomic E-state index is 0.119. The van der Waals surface area contributed by atoms with Crippen molar-refractivity contribution in [3.63, 3.8) is 0 Å². The third kappa shape index (κ3) is 1.99. The zero-order valence-corrected chi connectivity index (χ0v) is 6.17. The van der Waals surface area contributed by atoms with Gasteiger partial charge in [0.25, 0.3) is 0 Å². The molecule has 0 aromatic carbocycles. The summed E-state index contributed by atoms with van der Waals surface area (Å²) in [6.07, 6.45) is 2.02. The summed E-state index contributed by atoms with van der Waals surface area (Å²) in [7, 11) is 2.07. The Morgan fingerprint density at radius 1 is 1.50 bits per heavy atom. The molecule has 3 heteroatoms. The van der Waals surface area contributed by atoms with Crippen molar-refractivity contribution in [2.45, 2.75) is 18.9 Å². The van der Waals surface area contributed by atoms with Gasteiger partial charge in [-0.25, -0.2) is 4.79 Å². The number of ether oxygens (including phenoxy) is 1. The fourth-order valence-electron chi connectivity index (χ4n) is 1.17. The van der Waals surface area contributed by atoms with Crippen LogP contribution in [0.5, 0.6) is 0 Å². The molecule has 1 fully saturated rings. The molecule has 1 heterocycles.